The Bertz CT molecular complexity index is 672. The second-order valence-corrected chi connectivity index (χ2v) is 4.06. The lowest BCUT2D eigenvalue weighted by atomic mass is 10.0. The fraction of sp³-hybridized carbons (Fsp3) is 0.250. The van der Waals surface area contributed by atoms with E-state index in [1.807, 2.05) is 0 Å². The Labute approximate surface area is 120 Å². The van der Waals surface area contributed by atoms with Gasteiger partial charge in [0.15, 0.2) is 5.69 Å². The molecular formula is C8H2ClF6N3O4. The number of hydrogen-bond donors (Lipinski definition) is 1. The zero-order valence-electron chi connectivity index (χ0n) is 9.75. The molecule has 0 atom stereocenters. The second-order valence-electron chi connectivity index (χ2n) is 3.68. The number of rotatable bonds is 2. The number of alkyl halides is 6. The summed E-state index contributed by atoms with van der Waals surface area (Å²) in [6, 6.07) is 0. The molecule has 1 aromatic carbocycles. The minimum Gasteiger partial charge on any atom is -0.387 e. The van der Waals surface area contributed by atoms with Crippen molar-refractivity contribution in [1.29, 1.82) is 0 Å². The van der Waals surface area contributed by atoms with E-state index in [0.29, 0.717) is 0 Å². The number of nitrogens with two attached hydrogens (primary N) is 1. The molecule has 0 aliphatic carbocycles. The smallest absolute Gasteiger partial charge is 0.387 e. The molecule has 0 amide bonds. The summed E-state index contributed by atoms with van der Waals surface area (Å²) >= 11 is 5.02. The van der Waals surface area contributed by atoms with Gasteiger partial charge in [0.05, 0.1) is 9.85 Å². The van der Waals surface area contributed by atoms with Crippen molar-refractivity contribution in [2.75, 3.05) is 5.73 Å². The van der Waals surface area contributed by atoms with Gasteiger partial charge in [-0.15, -0.1) is 0 Å². The van der Waals surface area contributed by atoms with Gasteiger partial charge in [-0.25, -0.2) is 0 Å². The van der Waals surface area contributed by atoms with Gasteiger partial charge in [-0.1, -0.05) is 11.6 Å². The molecule has 1 aromatic rings. The molecule has 7 nitrogen and oxygen atoms in total. The van der Waals surface area contributed by atoms with Crippen LogP contribution in [0.2, 0.25) is 5.02 Å². The van der Waals surface area contributed by atoms with Gasteiger partial charge in [-0.05, 0) is 0 Å². The fourth-order valence-electron chi connectivity index (χ4n) is 1.62. The standard InChI is InChI=1S/C8H2ClF6N3O4/c9-3-1(7(10,11)12)2(8(13,14)15)5(17(19)20)4(16)6(3)18(21)22/h16H2. The maximum Gasteiger partial charge on any atom is 0.423 e. The van der Waals surface area contributed by atoms with Crippen LogP contribution in [0.5, 0.6) is 0 Å². The van der Waals surface area contributed by atoms with Crippen LogP contribution in [0.3, 0.4) is 0 Å². The monoisotopic (exact) mass is 353 g/mol. The molecule has 0 unspecified atom stereocenters. The van der Waals surface area contributed by atoms with Gasteiger partial charge in [-0.3, -0.25) is 20.2 Å². The normalized spacial score (nSPS) is 12.3. The number of nitro groups is 2. The summed E-state index contributed by atoms with van der Waals surface area (Å²) in [6.45, 7) is 0. The summed E-state index contributed by atoms with van der Waals surface area (Å²) in [5.74, 6) is 0. The molecule has 0 fully saturated rings. The number of nitro benzene ring substituents is 2. The predicted octanol–water partition coefficient (Wildman–Crippen LogP) is 3.78. The van der Waals surface area contributed by atoms with E-state index in [2.05, 4.69) is 0 Å². The summed E-state index contributed by atoms with van der Waals surface area (Å²) in [7, 11) is 0. The summed E-state index contributed by atoms with van der Waals surface area (Å²) < 4.78 is 76.8. The number of benzene rings is 1. The summed E-state index contributed by atoms with van der Waals surface area (Å²) in [4.78, 5) is 17.7. The molecule has 0 heterocycles. The Hall–Kier alpha value is -2.31. The molecule has 1 rings (SSSR count). The lowest BCUT2D eigenvalue weighted by Crippen LogP contribution is -2.21. The minimum absolute atomic E-state index is 1.64. The quantitative estimate of drug-likeness (QED) is 0.376. The van der Waals surface area contributed by atoms with E-state index in [9.17, 15) is 46.6 Å². The van der Waals surface area contributed by atoms with Crippen molar-refractivity contribution in [1.82, 2.24) is 0 Å². The van der Waals surface area contributed by atoms with Crippen molar-refractivity contribution in [3.8, 4) is 0 Å². The number of hydrogen-bond acceptors (Lipinski definition) is 5. The third-order valence-electron chi connectivity index (χ3n) is 2.36. The molecule has 0 spiro atoms. The van der Waals surface area contributed by atoms with Gasteiger partial charge in [0.2, 0.25) is 0 Å². The SMILES string of the molecule is Nc1c([N+](=O)[O-])c(Cl)c(C(F)(F)F)c(C(F)(F)F)c1[N+](=O)[O-]. The van der Waals surface area contributed by atoms with E-state index in [1.165, 1.54) is 0 Å². The van der Waals surface area contributed by atoms with Crippen molar-refractivity contribution in [3.05, 3.63) is 36.4 Å². The van der Waals surface area contributed by atoms with Gasteiger partial charge in [0.25, 0.3) is 0 Å². The topological polar surface area (TPSA) is 112 Å². The van der Waals surface area contributed by atoms with E-state index in [0.717, 1.165) is 0 Å². The van der Waals surface area contributed by atoms with Gasteiger partial charge in [0, 0.05) is 0 Å². The Morgan fingerprint density at radius 2 is 1.23 bits per heavy atom. The van der Waals surface area contributed by atoms with Crippen LogP contribution < -0.4 is 5.73 Å². The Morgan fingerprint density at radius 3 is 1.50 bits per heavy atom. The number of nitrogen functional groups attached to an aromatic ring is 1. The molecule has 122 valence electrons. The third-order valence-corrected chi connectivity index (χ3v) is 2.72. The average molecular weight is 354 g/mol. The number of anilines is 1. The first kappa shape index (κ1) is 17.7. The van der Waals surface area contributed by atoms with Crippen LogP contribution in [0, 0.1) is 20.2 Å². The van der Waals surface area contributed by atoms with Gasteiger partial charge in [0.1, 0.15) is 16.1 Å². The molecule has 0 radical (unpaired) electrons. The molecule has 0 saturated heterocycles. The van der Waals surface area contributed by atoms with Crippen LogP contribution in [0.25, 0.3) is 0 Å². The Kier molecular flexibility index (Phi) is 4.16. The fourth-order valence-corrected chi connectivity index (χ4v) is 1.99. The third kappa shape index (κ3) is 2.84. The maximum absolute atomic E-state index is 12.8. The molecule has 0 aromatic heterocycles. The lowest BCUT2D eigenvalue weighted by molar-refractivity contribution is -0.394. The summed E-state index contributed by atoms with van der Waals surface area (Å²) in [5, 5.41) is 19.3. The van der Waals surface area contributed by atoms with E-state index in [1.54, 1.807) is 0 Å². The highest BCUT2D eigenvalue weighted by atomic mass is 35.5. The Morgan fingerprint density at radius 1 is 0.864 bits per heavy atom. The lowest BCUT2D eigenvalue weighted by Gasteiger charge is -2.18. The van der Waals surface area contributed by atoms with E-state index < -0.39 is 55.4 Å². The van der Waals surface area contributed by atoms with Gasteiger partial charge < -0.3 is 5.73 Å². The first-order valence-electron chi connectivity index (χ1n) is 4.79. The molecular weight excluding hydrogens is 352 g/mol. The molecule has 0 aliphatic heterocycles. The van der Waals surface area contributed by atoms with Crippen molar-refractivity contribution < 1.29 is 36.2 Å². The van der Waals surface area contributed by atoms with E-state index in [-0.39, 0.29) is 0 Å². The highest BCUT2D eigenvalue weighted by molar-refractivity contribution is 6.34. The van der Waals surface area contributed by atoms with Crippen molar-refractivity contribution in [2.45, 2.75) is 12.4 Å². The zero-order chi connectivity index (χ0) is 17.6. The maximum atomic E-state index is 12.8. The average Bonchev–Trinajstić information content (AvgIpc) is 2.23. The molecule has 0 aliphatic rings. The summed E-state index contributed by atoms with van der Waals surface area (Å²) in [5.41, 5.74) is -6.50. The van der Waals surface area contributed by atoms with Crippen LogP contribution in [-0.4, -0.2) is 9.85 Å². The highest BCUT2D eigenvalue weighted by Crippen LogP contribution is 2.53. The van der Waals surface area contributed by atoms with E-state index >= 15 is 0 Å². The van der Waals surface area contributed by atoms with Crippen LogP contribution >= 0.6 is 11.6 Å². The summed E-state index contributed by atoms with van der Waals surface area (Å²) in [6.07, 6.45) is -11.7. The van der Waals surface area contributed by atoms with Crippen LogP contribution in [0.1, 0.15) is 11.1 Å². The Balaban J connectivity index is 4.22. The highest BCUT2D eigenvalue weighted by Gasteiger charge is 2.54. The first-order valence-corrected chi connectivity index (χ1v) is 5.17. The zero-order valence-corrected chi connectivity index (χ0v) is 10.5. The first-order chi connectivity index (χ1) is 9.71. The minimum atomic E-state index is -5.87. The van der Waals surface area contributed by atoms with Crippen LogP contribution in [0.4, 0.5) is 43.4 Å². The van der Waals surface area contributed by atoms with Crippen molar-refractivity contribution in [2.24, 2.45) is 0 Å². The van der Waals surface area contributed by atoms with E-state index in [4.69, 9.17) is 17.3 Å². The van der Waals surface area contributed by atoms with Crippen molar-refractivity contribution in [3.63, 3.8) is 0 Å². The molecule has 0 saturated carbocycles. The predicted molar refractivity (Wildman–Crippen MR) is 59.2 cm³/mol. The molecule has 22 heavy (non-hydrogen) atoms. The second kappa shape index (κ2) is 5.15. The molecule has 2 N–H and O–H groups in total. The largest absolute Gasteiger partial charge is 0.423 e. The van der Waals surface area contributed by atoms with Crippen LogP contribution in [0.15, 0.2) is 0 Å². The molecule has 0 bridgehead atoms. The molecule has 14 heteroatoms. The van der Waals surface area contributed by atoms with Gasteiger partial charge >= 0.3 is 23.7 Å². The van der Waals surface area contributed by atoms with Crippen molar-refractivity contribution >= 4 is 28.7 Å². The number of halogens is 7. The van der Waals surface area contributed by atoms with Gasteiger partial charge in [-0.2, -0.15) is 26.3 Å². The van der Waals surface area contributed by atoms with Crippen LogP contribution in [-0.2, 0) is 12.4 Å². The number of nitrogens with zero attached hydrogens (tertiary/aromatic N) is 2.